The Labute approximate surface area is 115 Å². The minimum Gasteiger partial charge on any atom is -0.494 e. The maximum absolute atomic E-state index is 13.1. The molecule has 4 nitrogen and oxygen atoms in total. The van der Waals surface area contributed by atoms with Crippen molar-refractivity contribution in [2.45, 2.75) is 0 Å². The number of thiocarbonyl (C=S) groups is 1. The van der Waals surface area contributed by atoms with E-state index in [1.54, 1.807) is 24.4 Å². The molecule has 0 unspecified atom stereocenters. The highest BCUT2D eigenvalue weighted by Gasteiger charge is 2.06. The zero-order chi connectivity index (χ0) is 13.8. The number of hydrogen-bond acceptors (Lipinski definition) is 4. The molecule has 98 valence electrons. The van der Waals surface area contributed by atoms with Gasteiger partial charge in [-0.1, -0.05) is 12.2 Å². The molecule has 2 rings (SSSR count). The molecule has 0 saturated carbocycles. The molecule has 0 radical (unpaired) electrons. The Bertz CT molecular complexity index is 619. The number of hydrogen-bond donors (Lipinski definition) is 2. The Kier molecular flexibility index (Phi) is 3.91. The Hall–Kier alpha value is -2.21. The zero-order valence-corrected chi connectivity index (χ0v) is 11.0. The third kappa shape index (κ3) is 3.17. The van der Waals surface area contributed by atoms with Gasteiger partial charge in [-0.2, -0.15) is 0 Å². The van der Waals surface area contributed by atoms with Crippen LogP contribution in [0.25, 0.3) is 0 Å². The number of halogens is 1. The molecule has 1 heterocycles. The van der Waals surface area contributed by atoms with E-state index < -0.39 is 0 Å². The molecule has 0 saturated heterocycles. The number of anilines is 2. The van der Waals surface area contributed by atoms with E-state index in [4.69, 9.17) is 22.7 Å². The van der Waals surface area contributed by atoms with Crippen molar-refractivity contribution in [1.29, 1.82) is 0 Å². The van der Waals surface area contributed by atoms with Crippen molar-refractivity contribution in [3.05, 3.63) is 47.9 Å². The first-order valence-corrected chi connectivity index (χ1v) is 5.87. The van der Waals surface area contributed by atoms with Crippen LogP contribution in [0.3, 0.4) is 0 Å². The molecule has 0 fully saturated rings. The second kappa shape index (κ2) is 5.62. The lowest BCUT2D eigenvalue weighted by Gasteiger charge is -2.11. The standard InChI is InChI=1S/C13H12FN3OS/c1-18-11-7-9(14)2-3-10(11)17-12-6-8(13(15)19)4-5-16-12/h2-7H,1H3,(H2,15,19)(H,16,17). The van der Waals surface area contributed by atoms with E-state index in [9.17, 15) is 4.39 Å². The fourth-order valence-electron chi connectivity index (χ4n) is 1.56. The van der Waals surface area contributed by atoms with Crippen molar-refractivity contribution >= 4 is 28.7 Å². The van der Waals surface area contributed by atoms with Crippen LogP contribution in [-0.2, 0) is 0 Å². The number of nitrogens with one attached hydrogen (secondary N) is 1. The average Bonchev–Trinajstić information content (AvgIpc) is 2.41. The lowest BCUT2D eigenvalue weighted by Crippen LogP contribution is -2.10. The Balaban J connectivity index is 2.30. The lowest BCUT2D eigenvalue weighted by molar-refractivity contribution is 0.413. The maximum Gasteiger partial charge on any atom is 0.145 e. The van der Waals surface area contributed by atoms with Crippen LogP contribution in [0, 0.1) is 5.82 Å². The summed E-state index contributed by atoms with van der Waals surface area (Å²) in [6.07, 6.45) is 1.59. The first kappa shape index (κ1) is 13.2. The predicted octanol–water partition coefficient (Wildman–Crippen LogP) is 2.61. The average molecular weight is 277 g/mol. The van der Waals surface area contributed by atoms with E-state index >= 15 is 0 Å². The summed E-state index contributed by atoms with van der Waals surface area (Å²) in [5.41, 5.74) is 6.86. The highest BCUT2D eigenvalue weighted by molar-refractivity contribution is 7.80. The van der Waals surface area contributed by atoms with Gasteiger partial charge in [-0.25, -0.2) is 9.37 Å². The van der Waals surface area contributed by atoms with Gasteiger partial charge in [0, 0.05) is 17.8 Å². The van der Waals surface area contributed by atoms with Gasteiger partial charge in [0.25, 0.3) is 0 Å². The largest absolute Gasteiger partial charge is 0.494 e. The van der Waals surface area contributed by atoms with Crippen LogP contribution in [0.5, 0.6) is 5.75 Å². The van der Waals surface area contributed by atoms with Crippen LogP contribution < -0.4 is 15.8 Å². The van der Waals surface area contributed by atoms with Crippen molar-refractivity contribution < 1.29 is 9.13 Å². The van der Waals surface area contributed by atoms with E-state index in [0.717, 1.165) is 0 Å². The molecular formula is C13H12FN3OS. The minimum atomic E-state index is -0.368. The first-order valence-electron chi connectivity index (χ1n) is 5.46. The van der Waals surface area contributed by atoms with E-state index in [1.807, 2.05) is 0 Å². The minimum absolute atomic E-state index is 0.288. The third-order valence-electron chi connectivity index (χ3n) is 2.47. The molecule has 0 bridgehead atoms. The summed E-state index contributed by atoms with van der Waals surface area (Å²) in [6, 6.07) is 7.63. The highest BCUT2D eigenvalue weighted by atomic mass is 32.1. The number of nitrogens with two attached hydrogens (primary N) is 1. The molecule has 1 aromatic carbocycles. The van der Waals surface area contributed by atoms with Gasteiger partial charge in [-0.3, -0.25) is 0 Å². The number of methoxy groups -OCH3 is 1. The van der Waals surface area contributed by atoms with E-state index in [-0.39, 0.29) is 10.8 Å². The first-order chi connectivity index (χ1) is 9.10. The SMILES string of the molecule is COc1cc(F)ccc1Nc1cc(C(N)=S)ccn1. The van der Waals surface area contributed by atoms with Crippen molar-refractivity contribution in [1.82, 2.24) is 4.98 Å². The normalized spacial score (nSPS) is 10.0. The van der Waals surface area contributed by atoms with Crippen LogP contribution in [0.15, 0.2) is 36.5 Å². The fourth-order valence-corrected chi connectivity index (χ4v) is 1.69. The zero-order valence-electron chi connectivity index (χ0n) is 10.2. The fraction of sp³-hybridized carbons (Fsp3) is 0.0769. The van der Waals surface area contributed by atoms with Gasteiger partial charge in [0.2, 0.25) is 0 Å². The molecule has 2 aromatic rings. The number of aromatic nitrogens is 1. The summed E-state index contributed by atoms with van der Waals surface area (Å²) in [4.78, 5) is 4.43. The summed E-state index contributed by atoms with van der Waals surface area (Å²) in [5.74, 6) is 0.574. The Morgan fingerprint density at radius 2 is 2.16 bits per heavy atom. The molecule has 0 aliphatic rings. The van der Waals surface area contributed by atoms with Crippen LogP contribution in [-0.4, -0.2) is 17.1 Å². The van der Waals surface area contributed by atoms with Gasteiger partial charge in [-0.05, 0) is 24.3 Å². The summed E-state index contributed by atoms with van der Waals surface area (Å²) in [5, 5.41) is 3.03. The monoisotopic (exact) mass is 277 g/mol. The molecule has 0 spiro atoms. The quantitative estimate of drug-likeness (QED) is 0.841. The van der Waals surface area contributed by atoms with E-state index in [0.29, 0.717) is 22.8 Å². The van der Waals surface area contributed by atoms with Crippen LogP contribution >= 0.6 is 12.2 Å². The van der Waals surface area contributed by atoms with Crippen LogP contribution in [0.4, 0.5) is 15.9 Å². The van der Waals surface area contributed by atoms with Crippen molar-refractivity contribution in [3.63, 3.8) is 0 Å². The molecule has 1 aromatic heterocycles. The molecule has 0 aliphatic carbocycles. The number of ether oxygens (including phenoxy) is 1. The van der Waals surface area contributed by atoms with Crippen molar-refractivity contribution in [2.75, 3.05) is 12.4 Å². The third-order valence-corrected chi connectivity index (χ3v) is 2.71. The van der Waals surface area contributed by atoms with Gasteiger partial charge in [0.15, 0.2) is 0 Å². The van der Waals surface area contributed by atoms with Crippen molar-refractivity contribution in [3.8, 4) is 5.75 Å². The topological polar surface area (TPSA) is 60.2 Å². The number of pyridine rings is 1. The molecule has 19 heavy (non-hydrogen) atoms. The predicted molar refractivity (Wildman–Crippen MR) is 76.4 cm³/mol. The van der Waals surface area contributed by atoms with Crippen molar-refractivity contribution in [2.24, 2.45) is 5.73 Å². The Morgan fingerprint density at radius 3 is 2.84 bits per heavy atom. The summed E-state index contributed by atoms with van der Waals surface area (Å²) < 4.78 is 18.2. The summed E-state index contributed by atoms with van der Waals surface area (Å²) in [6.45, 7) is 0. The second-order valence-electron chi connectivity index (χ2n) is 3.76. The number of rotatable bonds is 4. The van der Waals surface area contributed by atoms with E-state index in [2.05, 4.69) is 10.3 Å². The molecule has 6 heteroatoms. The molecule has 0 aliphatic heterocycles. The number of benzene rings is 1. The summed E-state index contributed by atoms with van der Waals surface area (Å²) >= 11 is 4.90. The highest BCUT2D eigenvalue weighted by Crippen LogP contribution is 2.27. The second-order valence-corrected chi connectivity index (χ2v) is 4.20. The van der Waals surface area contributed by atoms with Gasteiger partial charge in [0.1, 0.15) is 22.4 Å². The number of nitrogens with zero attached hydrogens (tertiary/aromatic N) is 1. The maximum atomic E-state index is 13.1. The smallest absolute Gasteiger partial charge is 0.145 e. The van der Waals surface area contributed by atoms with Gasteiger partial charge >= 0.3 is 0 Å². The summed E-state index contributed by atoms with van der Waals surface area (Å²) in [7, 11) is 1.47. The van der Waals surface area contributed by atoms with Gasteiger partial charge in [-0.15, -0.1) is 0 Å². The molecule has 0 amide bonds. The molecular weight excluding hydrogens is 265 g/mol. The lowest BCUT2D eigenvalue weighted by atomic mass is 10.2. The Morgan fingerprint density at radius 1 is 1.37 bits per heavy atom. The van der Waals surface area contributed by atoms with Crippen LogP contribution in [0.1, 0.15) is 5.56 Å². The molecule has 0 atom stereocenters. The molecule has 3 N–H and O–H groups in total. The van der Waals surface area contributed by atoms with Gasteiger partial charge < -0.3 is 15.8 Å². The van der Waals surface area contributed by atoms with Crippen LogP contribution in [0.2, 0.25) is 0 Å². The van der Waals surface area contributed by atoms with E-state index in [1.165, 1.54) is 19.2 Å². The van der Waals surface area contributed by atoms with Gasteiger partial charge in [0.05, 0.1) is 12.8 Å².